The van der Waals surface area contributed by atoms with Crippen LogP contribution < -0.4 is 5.32 Å². The van der Waals surface area contributed by atoms with Crippen LogP contribution in [0.5, 0.6) is 0 Å². The monoisotopic (exact) mass is 277 g/mol. The number of amides is 1. The molecule has 6 nitrogen and oxygen atoms in total. The quantitative estimate of drug-likeness (QED) is 0.859. The summed E-state index contributed by atoms with van der Waals surface area (Å²) in [6, 6.07) is -1.28. The molecule has 0 aliphatic carbocycles. The lowest BCUT2D eigenvalue weighted by Gasteiger charge is -2.14. The molecule has 2 N–H and O–H groups in total. The van der Waals surface area contributed by atoms with Crippen molar-refractivity contribution in [1.29, 1.82) is 0 Å². The van der Waals surface area contributed by atoms with E-state index in [2.05, 4.69) is 9.97 Å². The second-order valence-corrected chi connectivity index (χ2v) is 3.52. The van der Waals surface area contributed by atoms with E-state index in [0.29, 0.717) is 0 Å². The zero-order chi connectivity index (χ0) is 14.6. The smallest absolute Gasteiger partial charge is 0.435 e. The van der Waals surface area contributed by atoms with Crippen LogP contribution in [-0.2, 0) is 11.0 Å². The molecule has 0 spiro atoms. The van der Waals surface area contributed by atoms with Crippen molar-refractivity contribution in [3.8, 4) is 0 Å². The summed E-state index contributed by atoms with van der Waals surface area (Å²) in [7, 11) is 0. The average molecular weight is 277 g/mol. The molecule has 0 fully saturated rings. The fourth-order valence-electron chi connectivity index (χ4n) is 1.28. The van der Waals surface area contributed by atoms with Gasteiger partial charge in [0.1, 0.15) is 6.04 Å². The Labute approximate surface area is 105 Å². The van der Waals surface area contributed by atoms with Crippen molar-refractivity contribution >= 4 is 11.9 Å². The normalized spacial score (nSPS) is 12.8. The molecule has 0 aromatic carbocycles. The van der Waals surface area contributed by atoms with Crippen LogP contribution >= 0.6 is 0 Å². The van der Waals surface area contributed by atoms with Gasteiger partial charge in [0.05, 0.1) is 0 Å². The van der Waals surface area contributed by atoms with Gasteiger partial charge in [-0.25, -0.2) is 14.8 Å². The van der Waals surface area contributed by atoms with E-state index in [4.69, 9.17) is 5.11 Å². The first kappa shape index (κ1) is 14.9. The van der Waals surface area contributed by atoms with Crippen LogP contribution in [-0.4, -0.2) is 33.0 Å². The number of rotatable bonds is 4. The molecule has 1 aromatic rings. The summed E-state index contributed by atoms with van der Waals surface area (Å²) in [6.45, 7) is 1.47. The topological polar surface area (TPSA) is 92.2 Å². The number of nitrogens with zero attached hydrogens (tertiary/aromatic N) is 2. The summed E-state index contributed by atoms with van der Waals surface area (Å²) in [6.07, 6.45) is -3.09. The Morgan fingerprint density at radius 1 is 1.37 bits per heavy atom. The highest BCUT2D eigenvalue weighted by Crippen LogP contribution is 2.29. The van der Waals surface area contributed by atoms with E-state index in [1.165, 1.54) is 6.92 Å². The predicted molar refractivity (Wildman–Crippen MR) is 56.2 cm³/mol. The van der Waals surface area contributed by atoms with Gasteiger partial charge in [0, 0.05) is 12.4 Å². The standard InChI is InChI=1S/C10H10F3N3O3/c1-2-5(9(18)19)16-8(17)6-7(10(11,12)13)15-4-3-14-6/h3-5H,2H2,1H3,(H,16,17)(H,18,19). The van der Waals surface area contributed by atoms with Crippen LogP contribution in [0.2, 0.25) is 0 Å². The summed E-state index contributed by atoms with van der Waals surface area (Å²) in [5, 5.41) is 10.7. The molecule has 1 heterocycles. The van der Waals surface area contributed by atoms with Gasteiger partial charge >= 0.3 is 12.1 Å². The number of aromatic nitrogens is 2. The summed E-state index contributed by atoms with van der Waals surface area (Å²) in [5.41, 5.74) is -2.40. The van der Waals surface area contributed by atoms with Crippen molar-refractivity contribution in [3.63, 3.8) is 0 Å². The average Bonchev–Trinajstić information content (AvgIpc) is 2.34. The SMILES string of the molecule is CCC(NC(=O)c1nccnc1C(F)(F)F)C(=O)O. The number of carbonyl (C=O) groups excluding carboxylic acids is 1. The van der Waals surface area contributed by atoms with Gasteiger partial charge in [0.25, 0.3) is 5.91 Å². The largest absolute Gasteiger partial charge is 0.480 e. The first-order chi connectivity index (χ1) is 8.77. The lowest BCUT2D eigenvalue weighted by molar-refractivity contribution is -0.141. The van der Waals surface area contributed by atoms with E-state index in [0.717, 1.165) is 12.4 Å². The maximum Gasteiger partial charge on any atom is 0.435 e. The minimum Gasteiger partial charge on any atom is -0.480 e. The Morgan fingerprint density at radius 2 is 1.95 bits per heavy atom. The third-order valence-corrected chi connectivity index (χ3v) is 2.19. The van der Waals surface area contributed by atoms with Gasteiger partial charge < -0.3 is 10.4 Å². The number of carbonyl (C=O) groups is 2. The number of carboxylic acids is 1. The van der Waals surface area contributed by atoms with E-state index >= 15 is 0 Å². The highest BCUT2D eigenvalue weighted by Gasteiger charge is 2.38. The number of hydrogen-bond donors (Lipinski definition) is 2. The summed E-state index contributed by atoms with van der Waals surface area (Å²) in [4.78, 5) is 28.7. The lowest BCUT2D eigenvalue weighted by atomic mass is 10.2. The van der Waals surface area contributed by atoms with Gasteiger partial charge in [-0.1, -0.05) is 6.92 Å². The molecule has 1 unspecified atom stereocenters. The first-order valence-electron chi connectivity index (χ1n) is 5.19. The molecular formula is C10H10F3N3O3. The minimum absolute atomic E-state index is 0.0304. The van der Waals surface area contributed by atoms with Gasteiger partial charge in [-0.05, 0) is 6.42 Å². The first-order valence-corrected chi connectivity index (χ1v) is 5.19. The van der Waals surface area contributed by atoms with Crippen molar-refractivity contribution in [3.05, 3.63) is 23.8 Å². The molecule has 1 aromatic heterocycles. The predicted octanol–water partition coefficient (Wildman–Crippen LogP) is 1.09. The number of alkyl halides is 3. The van der Waals surface area contributed by atoms with Crippen LogP contribution in [0.15, 0.2) is 12.4 Å². The number of carboxylic acid groups (broad SMARTS) is 1. The van der Waals surface area contributed by atoms with E-state index in [9.17, 15) is 22.8 Å². The highest BCUT2D eigenvalue weighted by molar-refractivity contribution is 5.95. The van der Waals surface area contributed by atoms with Crippen molar-refractivity contribution in [2.75, 3.05) is 0 Å². The van der Waals surface area contributed by atoms with E-state index in [1.54, 1.807) is 0 Å². The molecule has 19 heavy (non-hydrogen) atoms. The Bertz CT molecular complexity index is 490. The Kier molecular flexibility index (Phi) is 4.41. The van der Waals surface area contributed by atoms with Crippen LogP contribution in [0.25, 0.3) is 0 Å². The zero-order valence-electron chi connectivity index (χ0n) is 9.73. The molecule has 1 amide bonds. The van der Waals surface area contributed by atoms with E-state index in [1.807, 2.05) is 5.32 Å². The molecule has 0 radical (unpaired) electrons. The van der Waals surface area contributed by atoms with Crippen molar-refractivity contribution in [2.45, 2.75) is 25.6 Å². The molecular weight excluding hydrogens is 267 g/mol. The summed E-state index contributed by atoms with van der Waals surface area (Å²) >= 11 is 0. The molecule has 1 rings (SSSR count). The third kappa shape index (κ3) is 3.63. The number of halogens is 3. The third-order valence-electron chi connectivity index (χ3n) is 2.19. The van der Waals surface area contributed by atoms with Crippen molar-refractivity contribution < 1.29 is 27.9 Å². The lowest BCUT2D eigenvalue weighted by Crippen LogP contribution is -2.41. The van der Waals surface area contributed by atoms with Crippen LogP contribution in [0.4, 0.5) is 13.2 Å². The van der Waals surface area contributed by atoms with Gasteiger partial charge in [-0.15, -0.1) is 0 Å². The second kappa shape index (κ2) is 5.63. The molecule has 0 saturated carbocycles. The van der Waals surface area contributed by atoms with Crippen molar-refractivity contribution in [1.82, 2.24) is 15.3 Å². The molecule has 104 valence electrons. The maximum atomic E-state index is 12.6. The van der Waals surface area contributed by atoms with Gasteiger partial charge in [0.2, 0.25) is 0 Å². The number of nitrogens with one attached hydrogen (secondary N) is 1. The van der Waals surface area contributed by atoms with Crippen molar-refractivity contribution in [2.24, 2.45) is 0 Å². The highest BCUT2D eigenvalue weighted by atomic mass is 19.4. The van der Waals surface area contributed by atoms with Crippen LogP contribution in [0, 0.1) is 0 Å². The van der Waals surface area contributed by atoms with Gasteiger partial charge in [0.15, 0.2) is 11.4 Å². The molecule has 0 bridgehead atoms. The van der Waals surface area contributed by atoms with Gasteiger partial charge in [-0.3, -0.25) is 4.79 Å². The van der Waals surface area contributed by atoms with E-state index < -0.39 is 35.5 Å². The molecule has 0 aliphatic rings. The molecule has 0 aliphatic heterocycles. The Balaban J connectivity index is 3.04. The maximum absolute atomic E-state index is 12.6. The summed E-state index contributed by atoms with van der Waals surface area (Å²) in [5.74, 6) is -2.57. The van der Waals surface area contributed by atoms with Crippen LogP contribution in [0.3, 0.4) is 0 Å². The fraction of sp³-hybridized carbons (Fsp3) is 0.400. The fourth-order valence-corrected chi connectivity index (χ4v) is 1.28. The van der Waals surface area contributed by atoms with E-state index in [-0.39, 0.29) is 6.42 Å². The molecule has 9 heteroatoms. The zero-order valence-corrected chi connectivity index (χ0v) is 9.73. The second-order valence-electron chi connectivity index (χ2n) is 3.52. The minimum atomic E-state index is -4.84. The van der Waals surface area contributed by atoms with Gasteiger partial charge in [-0.2, -0.15) is 13.2 Å². The Morgan fingerprint density at radius 3 is 2.42 bits per heavy atom. The molecule has 1 atom stereocenters. The number of aliphatic carboxylic acids is 1. The van der Waals surface area contributed by atoms with Crippen LogP contribution in [0.1, 0.15) is 29.5 Å². The number of hydrogen-bond acceptors (Lipinski definition) is 4. The summed E-state index contributed by atoms with van der Waals surface area (Å²) < 4.78 is 37.8. The molecule has 0 saturated heterocycles. The Hall–Kier alpha value is -2.19.